The summed E-state index contributed by atoms with van der Waals surface area (Å²) in [6.45, 7) is 4.01. The standard InChI is InChI=1S/C15H21N3O3/c1-3-9(2)13(16)15(20)18-8-12(14(17)19)21-11-7-5-4-6-10(11)18/h4-7,9,12-13H,3,8,16H2,1-2H3,(H2,17,19)/t9-,12?,13-/m0/s1. The summed E-state index contributed by atoms with van der Waals surface area (Å²) < 4.78 is 5.53. The maximum atomic E-state index is 12.6. The quantitative estimate of drug-likeness (QED) is 0.850. The molecule has 1 unspecified atom stereocenters. The molecule has 0 fully saturated rings. The van der Waals surface area contributed by atoms with Crippen molar-refractivity contribution in [1.82, 2.24) is 0 Å². The van der Waals surface area contributed by atoms with Gasteiger partial charge in [0.25, 0.3) is 5.91 Å². The van der Waals surface area contributed by atoms with Crippen LogP contribution >= 0.6 is 0 Å². The molecule has 0 saturated heterocycles. The molecule has 1 aromatic carbocycles. The summed E-state index contributed by atoms with van der Waals surface area (Å²) in [6, 6.07) is 6.45. The minimum atomic E-state index is -0.854. The summed E-state index contributed by atoms with van der Waals surface area (Å²) in [5, 5.41) is 0. The van der Waals surface area contributed by atoms with E-state index in [1.54, 1.807) is 18.2 Å². The number of ether oxygens (including phenoxy) is 1. The van der Waals surface area contributed by atoms with Crippen LogP contribution < -0.4 is 21.1 Å². The van der Waals surface area contributed by atoms with Gasteiger partial charge in [-0.25, -0.2) is 0 Å². The van der Waals surface area contributed by atoms with Crippen LogP contribution in [0.5, 0.6) is 5.75 Å². The highest BCUT2D eigenvalue weighted by molar-refractivity contribution is 6.00. The van der Waals surface area contributed by atoms with Gasteiger partial charge >= 0.3 is 0 Å². The number of primary amides is 1. The first kappa shape index (κ1) is 15.3. The first-order valence-electron chi connectivity index (χ1n) is 7.07. The van der Waals surface area contributed by atoms with Crippen molar-refractivity contribution in [1.29, 1.82) is 0 Å². The van der Waals surface area contributed by atoms with Crippen LogP contribution in [-0.4, -0.2) is 30.5 Å². The zero-order valence-corrected chi connectivity index (χ0v) is 12.3. The van der Waals surface area contributed by atoms with Gasteiger partial charge < -0.3 is 21.1 Å². The first-order valence-corrected chi connectivity index (χ1v) is 7.07. The van der Waals surface area contributed by atoms with Crippen LogP contribution in [0.1, 0.15) is 20.3 Å². The Balaban J connectivity index is 2.33. The molecular weight excluding hydrogens is 270 g/mol. The average molecular weight is 291 g/mol. The third-order valence-electron chi connectivity index (χ3n) is 3.90. The SMILES string of the molecule is CC[C@H](C)[C@H](N)C(=O)N1CC(C(N)=O)Oc2ccccc21. The molecular formula is C15H21N3O3. The Morgan fingerprint density at radius 2 is 2.10 bits per heavy atom. The van der Waals surface area contributed by atoms with E-state index in [1.807, 2.05) is 19.9 Å². The number of carbonyl (C=O) groups is 2. The van der Waals surface area contributed by atoms with Crippen LogP contribution in [0.4, 0.5) is 5.69 Å². The Bertz CT molecular complexity index is 547. The lowest BCUT2D eigenvalue weighted by Crippen LogP contribution is -2.54. The predicted molar refractivity (Wildman–Crippen MR) is 79.8 cm³/mol. The topological polar surface area (TPSA) is 98.7 Å². The molecule has 2 rings (SSSR count). The van der Waals surface area contributed by atoms with Crippen molar-refractivity contribution in [2.75, 3.05) is 11.4 Å². The van der Waals surface area contributed by atoms with E-state index in [-0.39, 0.29) is 18.4 Å². The molecule has 4 N–H and O–H groups in total. The van der Waals surface area contributed by atoms with Gasteiger partial charge in [0, 0.05) is 0 Å². The molecule has 0 radical (unpaired) electrons. The van der Waals surface area contributed by atoms with Gasteiger partial charge in [-0.15, -0.1) is 0 Å². The number of rotatable bonds is 4. The van der Waals surface area contributed by atoms with Crippen molar-refractivity contribution in [2.24, 2.45) is 17.4 Å². The van der Waals surface area contributed by atoms with Gasteiger partial charge in [-0.05, 0) is 18.1 Å². The van der Waals surface area contributed by atoms with Gasteiger partial charge in [0.05, 0.1) is 18.3 Å². The molecule has 0 aromatic heterocycles. The minimum Gasteiger partial charge on any atom is -0.477 e. The summed E-state index contributed by atoms with van der Waals surface area (Å²) in [4.78, 5) is 25.5. The highest BCUT2D eigenvalue weighted by Crippen LogP contribution is 2.33. The van der Waals surface area contributed by atoms with Crippen LogP contribution in [0.25, 0.3) is 0 Å². The number of anilines is 1. The molecule has 0 saturated carbocycles. The molecule has 0 bridgehead atoms. The van der Waals surface area contributed by atoms with E-state index in [9.17, 15) is 9.59 Å². The highest BCUT2D eigenvalue weighted by Gasteiger charge is 2.35. The van der Waals surface area contributed by atoms with Crippen molar-refractivity contribution in [3.8, 4) is 5.75 Å². The Morgan fingerprint density at radius 3 is 2.71 bits per heavy atom. The first-order chi connectivity index (χ1) is 9.95. The summed E-state index contributed by atoms with van der Waals surface area (Å²) in [5.41, 5.74) is 12.0. The van der Waals surface area contributed by atoms with Gasteiger partial charge in [-0.3, -0.25) is 9.59 Å². The second-order valence-corrected chi connectivity index (χ2v) is 5.34. The maximum Gasteiger partial charge on any atom is 0.260 e. The number of carbonyl (C=O) groups excluding carboxylic acids is 2. The number of fused-ring (bicyclic) bond motifs is 1. The maximum absolute atomic E-state index is 12.6. The molecule has 3 atom stereocenters. The molecule has 21 heavy (non-hydrogen) atoms. The number of para-hydroxylation sites is 2. The molecule has 1 aromatic rings. The third-order valence-corrected chi connectivity index (χ3v) is 3.90. The lowest BCUT2D eigenvalue weighted by Gasteiger charge is -2.35. The van der Waals surface area contributed by atoms with Gasteiger partial charge in [-0.2, -0.15) is 0 Å². The highest BCUT2D eigenvalue weighted by atomic mass is 16.5. The largest absolute Gasteiger partial charge is 0.477 e. The van der Waals surface area contributed by atoms with E-state index in [0.717, 1.165) is 6.42 Å². The van der Waals surface area contributed by atoms with E-state index < -0.39 is 18.1 Å². The van der Waals surface area contributed by atoms with Crippen LogP contribution in [0, 0.1) is 5.92 Å². The van der Waals surface area contributed by atoms with Crippen LogP contribution in [0.15, 0.2) is 24.3 Å². The average Bonchev–Trinajstić information content (AvgIpc) is 2.51. The molecule has 6 heteroatoms. The Labute approximate surface area is 124 Å². The zero-order valence-electron chi connectivity index (χ0n) is 12.3. The molecule has 0 aliphatic carbocycles. The zero-order chi connectivity index (χ0) is 15.6. The van der Waals surface area contributed by atoms with Crippen molar-refractivity contribution >= 4 is 17.5 Å². The number of hydrogen-bond acceptors (Lipinski definition) is 4. The van der Waals surface area contributed by atoms with E-state index in [2.05, 4.69) is 0 Å². The molecule has 1 aliphatic rings. The summed E-state index contributed by atoms with van der Waals surface area (Å²) >= 11 is 0. The van der Waals surface area contributed by atoms with Crippen molar-refractivity contribution in [3.63, 3.8) is 0 Å². The molecule has 0 spiro atoms. The number of hydrogen-bond donors (Lipinski definition) is 2. The Hall–Kier alpha value is -2.08. The summed E-state index contributed by atoms with van der Waals surface area (Å²) in [6.07, 6.45) is -0.0500. The van der Waals surface area contributed by atoms with Crippen molar-refractivity contribution in [2.45, 2.75) is 32.4 Å². The Kier molecular flexibility index (Phi) is 4.47. The van der Waals surface area contributed by atoms with E-state index >= 15 is 0 Å². The fourth-order valence-corrected chi connectivity index (χ4v) is 2.27. The summed E-state index contributed by atoms with van der Waals surface area (Å²) in [5.74, 6) is -0.289. The molecule has 1 aliphatic heterocycles. The van der Waals surface area contributed by atoms with E-state index in [0.29, 0.717) is 11.4 Å². The van der Waals surface area contributed by atoms with E-state index in [4.69, 9.17) is 16.2 Å². The van der Waals surface area contributed by atoms with Gasteiger partial charge in [0.1, 0.15) is 5.75 Å². The van der Waals surface area contributed by atoms with Crippen LogP contribution in [0.2, 0.25) is 0 Å². The van der Waals surface area contributed by atoms with Gasteiger partial charge in [-0.1, -0.05) is 32.4 Å². The van der Waals surface area contributed by atoms with Gasteiger partial charge in [0.15, 0.2) is 6.10 Å². The number of nitrogens with zero attached hydrogens (tertiary/aromatic N) is 1. The number of benzene rings is 1. The molecule has 2 amide bonds. The molecule has 1 heterocycles. The fourth-order valence-electron chi connectivity index (χ4n) is 2.27. The lowest BCUT2D eigenvalue weighted by atomic mass is 9.98. The second kappa shape index (κ2) is 6.13. The summed E-state index contributed by atoms with van der Waals surface area (Å²) in [7, 11) is 0. The lowest BCUT2D eigenvalue weighted by molar-refractivity contribution is -0.125. The fraction of sp³-hybridized carbons (Fsp3) is 0.467. The van der Waals surface area contributed by atoms with Gasteiger partial charge in [0.2, 0.25) is 5.91 Å². The molecule has 114 valence electrons. The number of nitrogens with two attached hydrogens (primary N) is 2. The Morgan fingerprint density at radius 1 is 1.43 bits per heavy atom. The smallest absolute Gasteiger partial charge is 0.260 e. The van der Waals surface area contributed by atoms with Crippen molar-refractivity contribution < 1.29 is 14.3 Å². The normalized spacial score (nSPS) is 20.1. The minimum absolute atomic E-state index is 0.0551. The van der Waals surface area contributed by atoms with Crippen LogP contribution in [0.3, 0.4) is 0 Å². The third kappa shape index (κ3) is 3.00. The molecule has 6 nitrogen and oxygen atoms in total. The second-order valence-electron chi connectivity index (χ2n) is 5.34. The monoisotopic (exact) mass is 291 g/mol. The van der Waals surface area contributed by atoms with Crippen molar-refractivity contribution in [3.05, 3.63) is 24.3 Å². The van der Waals surface area contributed by atoms with E-state index in [1.165, 1.54) is 4.90 Å². The number of amides is 2. The predicted octanol–water partition coefficient (Wildman–Crippen LogP) is 0.639. The van der Waals surface area contributed by atoms with Crippen LogP contribution in [-0.2, 0) is 9.59 Å².